The van der Waals surface area contributed by atoms with E-state index in [0.29, 0.717) is 0 Å². The van der Waals surface area contributed by atoms with Crippen LogP contribution in [-0.2, 0) is 6.54 Å². The fourth-order valence-corrected chi connectivity index (χ4v) is 2.14. The Morgan fingerprint density at radius 1 is 1.00 bits per heavy atom. The van der Waals surface area contributed by atoms with E-state index in [0.717, 1.165) is 11.1 Å². The van der Waals surface area contributed by atoms with Crippen molar-refractivity contribution in [2.24, 2.45) is 0 Å². The monoisotopic (exact) mass is 261 g/mol. The van der Waals surface area contributed by atoms with Crippen LogP contribution in [0.2, 0.25) is 0 Å². The van der Waals surface area contributed by atoms with Crippen LogP contribution in [-0.4, -0.2) is 0 Å². The fourth-order valence-electron chi connectivity index (χ4n) is 2.14. The summed E-state index contributed by atoms with van der Waals surface area (Å²) in [4.78, 5) is 0. The van der Waals surface area contributed by atoms with Crippen molar-refractivity contribution in [3.8, 4) is 0 Å². The summed E-state index contributed by atoms with van der Waals surface area (Å²) in [5, 5.41) is 3.16. The number of rotatable bonds is 4. The van der Waals surface area contributed by atoms with E-state index in [1.807, 2.05) is 38.1 Å². The van der Waals surface area contributed by atoms with Crippen LogP contribution in [0.25, 0.3) is 0 Å². The number of nitrogens with one attached hydrogen (secondary N) is 1. The molecule has 1 nitrogen and oxygen atoms in total. The van der Waals surface area contributed by atoms with Crippen molar-refractivity contribution in [1.29, 1.82) is 0 Å². The molecule has 0 bridgehead atoms. The van der Waals surface area contributed by atoms with Crippen molar-refractivity contribution in [2.45, 2.75) is 26.4 Å². The molecule has 0 aromatic heterocycles. The first kappa shape index (κ1) is 13.7. The Morgan fingerprint density at radius 2 is 1.63 bits per heavy atom. The van der Waals surface area contributed by atoms with Crippen LogP contribution in [0.5, 0.6) is 0 Å². The van der Waals surface area contributed by atoms with Gasteiger partial charge in [-0.25, -0.2) is 8.78 Å². The van der Waals surface area contributed by atoms with Gasteiger partial charge in [0, 0.05) is 18.2 Å². The van der Waals surface area contributed by atoms with Gasteiger partial charge < -0.3 is 5.32 Å². The predicted molar refractivity (Wildman–Crippen MR) is 72.8 cm³/mol. The lowest BCUT2D eigenvalue weighted by atomic mass is 10.0. The molecule has 0 aliphatic carbocycles. The molecule has 3 heteroatoms. The van der Waals surface area contributed by atoms with E-state index >= 15 is 0 Å². The van der Waals surface area contributed by atoms with E-state index in [-0.39, 0.29) is 18.2 Å². The van der Waals surface area contributed by atoms with Gasteiger partial charge in [0.1, 0.15) is 11.6 Å². The minimum atomic E-state index is -0.510. The molecule has 100 valence electrons. The highest BCUT2D eigenvalue weighted by atomic mass is 19.1. The first-order valence-electron chi connectivity index (χ1n) is 6.31. The lowest BCUT2D eigenvalue weighted by Crippen LogP contribution is -2.20. The van der Waals surface area contributed by atoms with Gasteiger partial charge in [0.25, 0.3) is 0 Å². The Morgan fingerprint density at radius 3 is 2.26 bits per heavy atom. The van der Waals surface area contributed by atoms with Gasteiger partial charge in [0.2, 0.25) is 0 Å². The summed E-state index contributed by atoms with van der Waals surface area (Å²) >= 11 is 0. The van der Waals surface area contributed by atoms with Gasteiger partial charge in [-0.05, 0) is 37.1 Å². The van der Waals surface area contributed by atoms with Gasteiger partial charge in [0.15, 0.2) is 0 Å². The molecule has 2 aromatic rings. The maximum absolute atomic E-state index is 13.5. The number of aryl methyl sites for hydroxylation is 1. The molecular formula is C16H17F2N. The number of hydrogen-bond donors (Lipinski definition) is 1. The standard InChI is InChI=1S/C16H17F2N/c1-11-6-3-4-7-13(11)12(2)19-10-14-15(17)8-5-9-16(14)18/h3-9,12,19H,10H2,1-2H3. The van der Waals surface area contributed by atoms with Gasteiger partial charge in [0.05, 0.1) is 0 Å². The van der Waals surface area contributed by atoms with E-state index in [2.05, 4.69) is 5.32 Å². The molecule has 1 N–H and O–H groups in total. The lowest BCUT2D eigenvalue weighted by Gasteiger charge is -2.17. The Bertz CT molecular complexity index is 546. The second kappa shape index (κ2) is 5.93. The average Bonchev–Trinajstić information content (AvgIpc) is 2.38. The molecule has 0 radical (unpaired) electrons. The quantitative estimate of drug-likeness (QED) is 0.872. The maximum atomic E-state index is 13.5. The maximum Gasteiger partial charge on any atom is 0.130 e. The summed E-state index contributed by atoms with van der Waals surface area (Å²) in [5.74, 6) is -1.02. The molecule has 19 heavy (non-hydrogen) atoms. The molecule has 0 fully saturated rings. The third-order valence-electron chi connectivity index (χ3n) is 3.30. The van der Waals surface area contributed by atoms with Crippen LogP contribution in [0.15, 0.2) is 42.5 Å². The van der Waals surface area contributed by atoms with Crippen LogP contribution in [0.3, 0.4) is 0 Å². The third kappa shape index (κ3) is 3.18. The zero-order valence-electron chi connectivity index (χ0n) is 11.1. The van der Waals surface area contributed by atoms with Crippen LogP contribution in [0.4, 0.5) is 8.78 Å². The zero-order valence-corrected chi connectivity index (χ0v) is 11.1. The molecule has 2 aromatic carbocycles. The van der Waals surface area contributed by atoms with E-state index < -0.39 is 11.6 Å². The Kier molecular flexibility index (Phi) is 4.27. The van der Waals surface area contributed by atoms with Gasteiger partial charge in [-0.3, -0.25) is 0 Å². The number of benzene rings is 2. The predicted octanol–water partition coefficient (Wildman–Crippen LogP) is 4.12. The van der Waals surface area contributed by atoms with E-state index in [4.69, 9.17) is 0 Å². The van der Waals surface area contributed by atoms with Crippen molar-refractivity contribution in [1.82, 2.24) is 5.32 Å². The lowest BCUT2D eigenvalue weighted by molar-refractivity contribution is 0.508. The largest absolute Gasteiger partial charge is 0.306 e. The minimum absolute atomic E-state index is 0.0419. The van der Waals surface area contributed by atoms with Crippen molar-refractivity contribution in [3.05, 3.63) is 70.8 Å². The third-order valence-corrected chi connectivity index (χ3v) is 3.30. The molecule has 0 saturated heterocycles. The molecule has 0 saturated carbocycles. The molecule has 1 atom stereocenters. The van der Waals surface area contributed by atoms with Crippen molar-refractivity contribution < 1.29 is 8.78 Å². The molecule has 0 aliphatic heterocycles. The number of halogens is 2. The van der Waals surface area contributed by atoms with Gasteiger partial charge in [-0.2, -0.15) is 0 Å². The molecule has 2 rings (SSSR count). The Labute approximate surface area is 112 Å². The summed E-state index contributed by atoms with van der Waals surface area (Å²) in [6.07, 6.45) is 0. The Balaban J connectivity index is 2.09. The van der Waals surface area contributed by atoms with Crippen LogP contribution in [0.1, 0.15) is 29.7 Å². The van der Waals surface area contributed by atoms with Crippen molar-refractivity contribution >= 4 is 0 Å². The van der Waals surface area contributed by atoms with Gasteiger partial charge >= 0.3 is 0 Å². The summed E-state index contributed by atoms with van der Waals surface area (Å²) < 4.78 is 27.0. The van der Waals surface area contributed by atoms with Gasteiger partial charge in [-0.15, -0.1) is 0 Å². The first-order valence-corrected chi connectivity index (χ1v) is 6.31. The van der Waals surface area contributed by atoms with Crippen LogP contribution < -0.4 is 5.32 Å². The molecule has 0 amide bonds. The minimum Gasteiger partial charge on any atom is -0.306 e. The summed E-state index contributed by atoms with van der Waals surface area (Å²) in [6.45, 7) is 4.19. The second-order valence-electron chi connectivity index (χ2n) is 4.66. The SMILES string of the molecule is Cc1ccccc1C(C)NCc1c(F)cccc1F. The van der Waals surface area contributed by atoms with E-state index in [1.54, 1.807) is 0 Å². The number of hydrogen-bond acceptors (Lipinski definition) is 1. The molecule has 1 unspecified atom stereocenters. The van der Waals surface area contributed by atoms with Crippen molar-refractivity contribution in [3.63, 3.8) is 0 Å². The van der Waals surface area contributed by atoms with Crippen LogP contribution in [0, 0.1) is 18.6 Å². The average molecular weight is 261 g/mol. The van der Waals surface area contributed by atoms with E-state index in [1.165, 1.54) is 18.2 Å². The molecular weight excluding hydrogens is 244 g/mol. The smallest absolute Gasteiger partial charge is 0.130 e. The highest BCUT2D eigenvalue weighted by molar-refractivity contribution is 5.28. The fraction of sp³-hybridized carbons (Fsp3) is 0.250. The zero-order chi connectivity index (χ0) is 13.8. The summed E-state index contributed by atoms with van der Waals surface area (Å²) in [6, 6.07) is 11.9. The van der Waals surface area contributed by atoms with Crippen molar-refractivity contribution in [2.75, 3.05) is 0 Å². The highest BCUT2D eigenvalue weighted by Crippen LogP contribution is 2.18. The molecule has 0 heterocycles. The second-order valence-corrected chi connectivity index (χ2v) is 4.66. The normalized spacial score (nSPS) is 12.4. The summed E-state index contributed by atoms with van der Waals surface area (Å²) in [7, 11) is 0. The molecule has 0 spiro atoms. The summed E-state index contributed by atoms with van der Waals surface area (Å²) in [5.41, 5.74) is 2.39. The van der Waals surface area contributed by atoms with E-state index in [9.17, 15) is 8.78 Å². The first-order chi connectivity index (χ1) is 9.09. The molecule has 0 aliphatic rings. The van der Waals surface area contributed by atoms with Gasteiger partial charge in [-0.1, -0.05) is 30.3 Å². The highest BCUT2D eigenvalue weighted by Gasteiger charge is 2.11. The topological polar surface area (TPSA) is 12.0 Å². The Hall–Kier alpha value is -1.74. The van der Waals surface area contributed by atoms with Crippen LogP contribution >= 0.6 is 0 Å².